The minimum atomic E-state index is -3.91. The fourth-order valence-corrected chi connectivity index (χ4v) is 4.84. The Balaban J connectivity index is 1.68. The Hall–Kier alpha value is -2.47. The Morgan fingerprint density at radius 2 is 2.17 bits per heavy atom. The fraction of sp³-hybridized carbons (Fsp3) is 0.235. The number of amides is 1. The van der Waals surface area contributed by atoms with Crippen LogP contribution in [0.2, 0.25) is 5.02 Å². The van der Waals surface area contributed by atoms with E-state index in [0.29, 0.717) is 17.1 Å². The SMILES string of the molecule is CCC(NS(=O)(=O)Nc1ncc(C(=O)Nc2c(C)cccc2Cl)s1)n1ccnc1. The molecule has 1 unspecified atom stereocenters. The monoisotopic (exact) mass is 454 g/mol. The normalized spacial score (nSPS) is 12.5. The molecule has 0 fully saturated rings. The smallest absolute Gasteiger partial charge is 0.302 e. The van der Waals surface area contributed by atoms with Gasteiger partial charge in [-0.25, -0.2) is 14.7 Å². The lowest BCUT2D eigenvalue weighted by Crippen LogP contribution is -2.35. The molecule has 3 rings (SSSR count). The van der Waals surface area contributed by atoms with Gasteiger partial charge in [0, 0.05) is 12.4 Å². The molecule has 3 aromatic rings. The van der Waals surface area contributed by atoms with E-state index in [1.165, 1.54) is 12.5 Å². The third-order valence-electron chi connectivity index (χ3n) is 3.97. The van der Waals surface area contributed by atoms with Crippen LogP contribution in [0.25, 0.3) is 0 Å². The molecule has 0 aliphatic rings. The lowest BCUT2D eigenvalue weighted by atomic mass is 10.2. The van der Waals surface area contributed by atoms with E-state index in [9.17, 15) is 13.2 Å². The molecular weight excluding hydrogens is 436 g/mol. The number of aromatic nitrogens is 3. The highest BCUT2D eigenvalue weighted by molar-refractivity contribution is 7.91. The minimum absolute atomic E-state index is 0.0685. The average molecular weight is 455 g/mol. The Kier molecular flexibility index (Phi) is 6.52. The summed E-state index contributed by atoms with van der Waals surface area (Å²) in [5, 5.41) is 3.21. The first kappa shape index (κ1) is 21.2. The second-order valence-electron chi connectivity index (χ2n) is 6.07. The number of imidazole rings is 1. The maximum Gasteiger partial charge on any atom is 0.302 e. The van der Waals surface area contributed by atoms with Crippen LogP contribution in [0, 0.1) is 6.92 Å². The van der Waals surface area contributed by atoms with Crippen LogP contribution >= 0.6 is 22.9 Å². The van der Waals surface area contributed by atoms with E-state index in [-0.39, 0.29) is 10.0 Å². The number of benzene rings is 1. The number of carbonyl (C=O) groups excluding carboxylic acids is 1. The highest BCUT2D eigenvalue weighted by Crippen LogP contribution is 2.27. The van der Waals surface area contributed by atoms with Gasteiger partial charge in [0.2, 0.25) is 0 Å². The molecule has 1 atom stereocenters. The number of carbonyl (C=O) groups is 1. The number of anilines is 2. The average Bonchev–Trinajstić information content (AvgIpc) is 3.34. The number of hydrogen-bond acceptors (Lipinski definition) is 6. The largest absolute Gasteiger partial charge is 0.320 e. The third kappa shape index (κ3) is 5.32. The predicted octanol–water partition coefficient (Wildman–Crippen LogP) is 3.41. The van der Waals surface area contributed by atoms with Crippen LogP contribution < -0.4 is 14.8 Å². The molecule has 154 valence electrons. The van der Waals surface area contributed by atoms with Crippen LogP contribution in [-0.4, -0.2) is 28.9 Å². The molecule has 0 bridgehead atoms. The highest BCUT2D eigenvalue weighted by atomic mass is 35.5. The topological polar surface area (TPSA) is 118 Å². The van der Waals surface area contributed by atoms with Gasteiger partial charge in [0.05, 0.1) is 29.4 Å². The first-order valence-electron chi connectivity index (χ1n) is 8.59. The zero-order chi connectivity index (χ0) is 21.0. The molecule has 0 saturated carbocycles. The van der Waals surface area contributed by atoms with E-state index in [2.05, 4.69) is 24.7 Å². The highest BCUT2D eigenvalue weighted by Gasteiger charge is 2.20. The van der Waals surface area contributed by atoms with Crippen LogP contribution in [0.5, 0.6) is 0 Å². The van der Waals surface area contributed by atoms with E-state index in [1.807, 2.05) is 19.9 Å². The van der Waals surface area contributed by atoms with E-state index in [4.69, 9.17) is 11.6 Å². The summed E-state index contributed by atoms with van der Waals surface area (Å²) in [4.78, 5) is 20.6. The summed E-state index contributed by atoms with van der Waals surface area (Å²) < 4.78 is 31.3. The Bertz CT molecular complexity index is 1080. The molecule has 1 amide bonds. The van der Waals surface area contributed by atoms with Crippen molar-refractivity contribution in [3.8, 4) is 0 Å². The molecule has 0 saturated heterocycles. The quantitative estimate of drug-likeness (QED) is 0.482. The fourth-order valence-electron chi connectivity index (χ4n) is 2.52. The number of aryl methyl sites for hydroxylation is 1. The van der Waals surface area contributed by atoms with Gasteiger partial charge in [0.25, 0.3) is 5.91 Å². The minimum Gasteiger partial charge on any atom is -0.320 e. The zero-order valence-electron chi connectivity index (χ0n) is 15.6. The Morgan fingerprint density at radius 3 is 2.83 bits per heavy atom. The van der Waals surface area contributed by atoms with Gasteiger partial charge >= 0.3 is 10.2 Å². The Morgan fingerprint density at radius 1 is 1.38 bits per heavy atom. The molecule has 2 aromatic heterocycles. The molecule has 2 heterocycles. The van der Waals surface area contributed by atoms with Gasteiger partial charge in [-0.2, -0.15) is 13.1 Å². The van der Waals surface area contributed by atoms with Crippen LogP contribution in [0.3, 0.4) is 0 Å². The summed E-state index contributed by atoms with van der Waals surface area (Å²) in [5.41, 5.74) is 1.31. The van der Waals surface area contributed by atoms with Crippen LogP contribution in [0.1, 0.15) is 34.7 Å². The summed E-state index contributed by atoms with van der Waals surface area (Å²) >= 11 is 7.04. The number of nitrogens with one attached hydrogen (secondary N) is 3. The standard InChI is InChI=1S/C17H19ClN6O3S2/c1-3-14(24-8-7-19-10-24)22-29(26,27)23-17-20-9-13(28-17)16(25)21-15-11(2)5-4-6-12(15)18/h4-10,14,22H,3H2,1-2H3,(H,20,23)(H,21,25). The first-order chi connectivity index (χ1) is 13.8. The van der Waals surface area contributed by atoms with Crippen LogP contribution in [0.4, 0.5) is 10.8 Å². The van der Waals surface area contributed by atoms with Crippen molar-refractivity contribution in [2.75, 3.05) is 10.0 Å². The first-order valence-corrected chi connectivity index (χ1v) is 11.3. The molecule has 12 heteroatoms. The molecule has 0 aliphatic carbocycles. The van der Waals surface area contributed by atoms with Crippen molar-refractivity contribution in [3.05, 3.63) is 58.6 Å². The van der Waals surface area contributed by atoms with Gasteiger partial charge in [-0.3, -0.25) is 4.79 Å². The van der Waals surface area contributed by atoms with E-state index >= 15 is 0 Å². The van der Waals surface area contributed by atoms with Crippen molar-refractivity contribution >= 4 is 49.9 Å². The molecule has 9 nitrogen and oxygen atoms in total. The van der Waals surface area contributed by atoms with Gasteiger partial charge in [-0.1, -0.05) is 42.0 Å². The number of para-hydroxylation sites is 1. The van der Waals surface area contributed by atoms with Crippen molar-refractivity contribution in [3.63, 3.8) is 0 Å². The van der Waals surface area contributed by atoms with Crippen LogP contribution in [0.15, 0.2) is 43.1 Å². The third-order valence-corrected chi connectivity index (χ3v) is 6.37. The summed E-state index contributed by atoms with van der Waals surface area (Å²) in [6, 6.07) is 5.28. The van der Waals surface area contributed by atoms with Crippen molar-refractivity contribution < 1.29 is 13.2 Å². The number of nitrogens with zero attached hydrogens (tertiary/aromatic N) is 3. The number of thiazole rings is 1. The van der Waals surface area contributed by atoms with Gasteiger partial charge in [-0.05, 0) is 25.0 Å². The molecule has 29 heavy (non-hydrogen) atoms. The lowest BCUT2D eigenvalue weighted by Gasteiger charge is -2.18. The molecular formula is C17H19ClN6O3S2. The van der Waals surface area contributed by atoms with Crippen molar-refractivity contribution in [1.29, 1.82) is 0 Å². The van der Waals surface area contributed by atoms with Crippen molar-refractivity contribution in [2.45, 2.75) is 26.4 Å². The molecule has 1 aromatic carbocycles. The molecule has 0 spiro atoms. The zero-order valence-corrected chi connectivity index (χ0v) is 18.0. The van der Waals surface area contributed by atoms with Crippen molar-refractivity contribution in [2.24, 2.45) is 0 Å². The second kappa shape index (κ2) is 8.91. The maximum absolute atomic E-state index is 12.5. The predicted molar refractivity (Wildman–Crippen MR) is 113 cm³/mol. The number of rotatable bonds is 8. The summed E-state index contributed by atoms with van der Waals surface area (Å²) in [7, 11) is -3.91. The van der Waals surface area contributed by atoms with Crippen molar-refractivity contribution in [1.82, 2.24) is 19.3 Å². The van der Waals surface area contributed by atoms with E-state index < -0.39 is 22.3 Å². The van der Waals surface area contributed by atoms with E-state index in [1.54, 1.807) is 29.1 Å². The molecule has 0 aliphatic heterocycles. The summed E-state index contributed by atoms with van der Waals surface area (Å²) in [6.45, 7) is 3.67. The molecule has 3 N–H and O–H groups in total. The molecule has 0 radical (unpaired) electrons. The van der Waals surface area contributed by atoms with Gasteiger partial charge in [0.1, 0.15) is 4.88 Å². The number of hydrogen-bond donors (Lipinski definition) is 3. The van der Waals surface area contributed by atoms with Crippen LogP contribution in [-0.2, 0) is 10.2 Å². The van der Waals surface area contributed by atoms with E-state index in [0.717, 1.165) is 16.9 Å². The van der Waals surface area contributed by atoms with Gasteiger partial charge in [-0.15, -0.1) is 0 Å². The summed E-state index contributed by atoms with van der Waals surface area (Å²) in [5.74, 6) is -0.429. The second-order valence-corrected chi connectivity index (χ2v) is 8.96. The maximum atomic E-state index is 12.5. The lowest BCUT2D eigenvalue weighted by molar-refractivity contribution is 0.103. The Labute approximate surface area is 177 Å². The summed E-state index contributed by atoms with van der Waals surface area (Å²) in [6.07, 6.45) is 6.08. The van der Waals surface area contributed by atoms with Gasteiger partial charge < -0.3 is 9.88 Å². The number of halogens is 1. The van der Waals surface area contributed by atoms with Gasteiger partial charge in [0.15, 0.2) is 5.13 Å².